The molecule has 41 heavy (non-hydrogen) atoms. The Bertz CT molecular complexity index is 1500. The maximum atomic E-state index is 13.7. The first-order valence-electron chi connectivity index (χ1n) is 12.9. The molecule has 0 saturated carbocycles. The summed E-state index contributed by atoms with van der Waals surface area (Å²) in [6, 6.07) is 16.0. The Kier molecular flexibility index (Phi) is 7.48. The first-order valence-corrected chi connectivity index (χ1v) is 12.9. The van der Waals surface area contributed by atoms with Crippen molar-refractivity contribution in [3.05, 3.63) is 83.4 Å². The number of amides is 1. The van der Waals surface area contributed by atoms with Gasteiger partial charge in [0.15, 0.2) is 0 Å². The number of aliphatic imine (C=N–C) groups is 1. The summed E-state index contributed by atoms with van der Waals surface area (Å²) in [5, 5.41) is 9.85. The second kappa shape index (κ2) is 11.0. The molecule has 0 bridgehead atoms. The number of nitrogens with zero attached hydrogens (tertiary/aromatic N) is 4. The minimum absolute atomic E-state index is 0.134. The van der Waals surface area contributed by atoms with E-state index in [-0.39, 0.29) is 11.3 Å². The topological polar surface area (TPSA) is 112 Å². The van der Waals surface area contributed by atoms with Crippen LogP contribution in [-0.4, -0.2) is 61.1 Å². The number of carboxylic acids is 1. The van der Waals surface area contributed by atoms with Gasteiger partial charge in [-0.2, -0.15) is 13.2 Å². The number of hydrogen-bond donors (Lipinski definition) is 2. The molecule has 0 aromatic heterocycles. The molecule has 1 amide bonds. The minimum atomic E-state index is -4.61. The van der Waals surface area contributed by atoms with Gasteiger partial charge in [-0.1, -0.05) is 12.1 Å². The number of carboxylic acid groups (broad SMARTS) is 1. The number of ether oxygens (including phenoxy) is 1. The number of nitrogens with two attached hydrogens (primary N) is 1. The lowest BCUT2D eigenvalue weighted by Gasteiger charge is -2.45. The zero-order valence-corrected chi connectivity index (χ0v) is 22.1. The molecular formula is C29H28F3N5O4. The number of hydrogen-bond acceptors (Lipinski definition) is 7. The number of guanidine groups is 1. The molecule has 1 fully saturated rings. The molecule has 0 radical (unpaired) electrons. The van der Waals surface area contributed by atoms with Crippen molar-refractivity contribution in [2.75, 3.05) is 43.1 Å². The highest BCUT2D eigenvalue weighted by Gasteiger charge is 2.38. The second-order valence-corrected chi connectivity index (χ2v) is 9.76. The average molecular weight is 568 g/mol. The first kappa shape index (κ1) is 27.8. The molecule has 214 valence electrons. The van der Waals surface area contributed by atoms with E-state index in [0.717, 1.165) is 23.6 Å². The van der Waals surface area contributed by atoms with Crippen LogP contribution in [-0.2, 0) is 11.0 Å². The number of carbonyl (C=O) groups is 2. The van der Waals surface area contributed by atoms with Crippen molar-refractivity contribution in [2.45, 2.75) is 18.6 Å². The van der Waals surface area contributed by atoms with Gasteiger partial charge in [-0.25, -0.2) is 4.99 Å². The van der Waals surface area contributed by atoms with E-state index in [1.807, 2.05) is 29.2 Å². The number of aliphatic carboxylic acids is 1. The third-order valence-corrected chi connectivity index (χ3v) is 7.22. The standard InChI is InChI=1S/C29H28F3N5O4/c1-41-22-7-3-5-20(16-22)35-10-12-36(13-11-35)28-34-24-9-8-18(27(33)40)14-23(24)25(17-26(38)39)37(28)21-6-2-4-19(15-21)29(30,31)32/h2-9,14-16,25H,10-13,17H2,1H3,(H2,33,40)(H,38,39). The van der Waals surface area contributed by atoms with E-state index < -0.39 is 36.1 Å². The molecule has 1 saturated heterocycles. The lowest BCUT2D eigenvalue weighted by Crippen LogP contribution is -2.55. The maximum absolute atomic E-state index is 13.7. The molecule has 3 aromatic rings. The molecule has 3 N–H and O–H groups in total. The van der Waals surface area contributed by atoms with E-state index in [9.17, 15) is 27.9 Å². The number of alkyl halides is 3. The van der Waals surface area contributed by atoms with E-state index in [1.165, 1.54) is 29.2 Å². The van der Waals surface area contributed by atoms with Crippen LogP contribution < -0.4 is 20.3 Å². The van der Waals surface area contributed by atoms with Crippen LogP contribution in [0, 0.1) is 0 Å². The summed E-state index contributed by atoms with van der Waals surface area (Å²) in [5.41, 5.74) is 6.67. The number of rotatable bonds is 6. The van der Waals surface area contributed by atoms with Crippen LogP contribution >= 0.6 is 0 Å². The molecule has 2 aliphatic rings. The number of anilines is 2. The van der Waals surface area contributed by atoms with E-state index in [1.54, 1.807) is 13.2 Å². The number of methoxy groups -OCH3 is 1. The van der Waals surface area contributed by atoms with Crippen LogP contribution in [0.15, 0.2) is 71.7 Å². The molecule has 9 nitrogen and oxygen atoms in total. The first-order chi connectivity index (χ1) is 19.5. The van der Waals surface area contributed by atoms with E-state index in [2.05, 4.69) is 4.90 Å². The number of piperazine rings is 1. The van der Waals surface area contributed by atoms with Gasteiger partial charge in [-0.15, -0.1) is 0 Å². The molecule has 5 rings (SSSR count). The van der Waals surface area contributed by atoms with Crippen molar-refractivity contribution in [3.63, 3.8) is 0 Å². The van der Waals surface area contributed by atoms with Crippen LogP contribution in [0.3, 0.4) is 0 Å². The van der Waals surface area contributed by atoms with Crippen molar-refractivity contribution in [2.24, 2.45) is 10.7 Å². The minimum Gasteiger partial charge on any atom is -0.497 e. The largest absolute Gasteiger partial charge is 0.497 e. The summed E-state index contributed by atoms with van der Waals surface area (Å²) in [6.45, 7) is 2.11. The fourth-order valence-corrected chi connectivity index (χ4v) is 5.21. The molecule has 12 heteroatoms. The van der Waals surface area contributed by atoms with Crippen LogP contribution in [0.2, 0.25) is 0 Å². The van der Waals surface area contributed by atoms with Gasteiger partial charge < -0.3 is 30.3 Å². The normalized spacial score (nSPS) is 17.1. The highest BCUT2D eigenvalue weighted by Crippen LogP contribution is 2.42. The molecule has 2 aliphatic heterocycles. The van der Waals surface area contributed by atoms with Gasteiger partial charge in [0, 0.05) is 54.7 Å². The SMILES string of the molecule is COc1cccc(N2CCN(C3=Nc4ccc(C(N)=O)cc4C(CC(=O)O)N3c3cccc(C(F)(F)F)c3)CC2)c1. The Labute approximate surface area is 234 Å². The van der Waals surface area contributed by atoms with Gasteiger partial charge in [0.25, 0.3) is 0 Å². The molecular weight excluding hydrogens is 539 g/mol. The third-order valence-electron chi connectivity index (χ3n) is 7.22. The number of carbonyl (C=O) groups excluding carboxylic acids is 1. The average Bonchev–Trinajstić information content (AvgIpc) is 2.96. The highest BCUT2D eigenvalue weighted by atomic mass is 19.4. The predicted molar refractivity (Wildman–Crippen MR) is 148 cm³/mol. The second-order valence-electron chi connectivity index (χ2n) is 9.76. The number of halogens is 3. The van der Waals surface area contributed by atoms with Crippen molar-refractivity contribution < 1.29 is 32.6 Å². The maximum Gasteiger partial charge on any atom is 0.416 e. The summed E-state index contributed by atoms with van der Waals surface area (Å²) in [6.07, 6.45) is -5.06. The molecule has 2 heterocycles. The number of benzene rings is 3. The number of primary amides is 1. The van der Waals surface area contributed by atoms with Gasteiger partial charge >= 0.3 is 12.1 Å². The molecule has 1 unspecified atom stereocenters. The Balaban J connectivity index is 1.57. The Morgan fingerprint density at radius 1 is 0.976 bits per heavy atom. The Morgan fingerprint density at radius 3 is 2.32 bits per heavy atom. The summed E-state index contributed by atoms with van der Waals surface area (Å²) < 4.78 is 46.5. The van der Waals surface area contributed by atoms with E-state index >= 15 is 0 Å². The third kappa shape index (κ3) is 5.76. The molecule has 0 aliphatic carbocycles. The van der Waals surface area contributed by atoms with Crippen molar-refractivity contribution in [3.8, 4) is 5.75 Å². The van der Waals surface area contributed by atoms with Gasteiger partial charge in [0.2, 0.25) is 11.9 Å². The lowest BCUT2D eigenvalue weighted by atomic mass is 9.95. The Hall–Kier alpha value is -4.74. The van der Waals surface area contributed by atoms with Gasteiger partial charge in [-0.3, -0.25) is 9.59 Å². The quantitative estimate of drug-likeness (QED) is 0.446. The molecule has 1 atom stereocenters. The van der Waals surface area contributed by atoms with Crippen LogP contribution in [0.4, 0.5) is 30.2 Å². The van der Waals surface area contributed by atoms with E-state index in [0.29, 0.717) is 43.4 Å². The van der Waals surface area contributed by atoms with Crippen molar-refractivity contribution in [1.82, 2.24) is 4.90 Å². The zero-order valence-electron chi connectivity index (χ0n) is 22.1. The summed E-state index contributed by atoms with van der Waals surface area (Å²) in [4.78, 5) is 34.4. The van der Waals surface area contributed by atoms with Gasteiger partial charge in [-0.05, 0) is 48.5 Å². The van der Waals surface area contributed by atoms with Crippen molar-refractivity contribution in [1.29, 1.82) is 0 Å². The van der Waals surface area contributed by atoms with Crippen LogP contribution in [0.1, 0.15) is 33.9 Å². The lowest BCUT2D eigenvalue weighted by molar-refractivity contribution is -0.138. The summed E-state index contributed by atoms with van der Waals surface area (Å²) >= 11 is 0. The van der Waals surface area contributed by atoms with Gasteiger partial charge in [0.1, 0.15) is 5.75 Å². The monoisotopic (exact) mass is 567 g/mol. The fraction of sp³-hybridized carbons (Fsp3) is 0.276. The highest BCUT2D eigenvalue weighted by molar-refractivity contribution is 6.02. The smallest absolute Gasteiger partial charge is 0.416 e. The summed E-state index contributed by atoms with van der Waals surface area (Å²) in [5.74, 6) is -0.816. The Morgan fingerprint density at radius 2 is 1.66 bits per heavy atom. The van der Waals surface area contributed by atoms with Crippen molar-refractivity contribution >= 4 is 34.9 Å². The summed E-state index contributed by atoms with van der Waals surface area (Å²) in [7, 11) is 1.60. The van der Waals surface area contributed by atoms with E-state index in [4.69, 9.17) is 15.5 Å². The molecule has 3 aromatic carbocycles. The van der Waals surface area contributed by atoms with Crippen LogP contribution in [0.5, 0.6) is 5.75 Å². The predicted octanol–water partition coefficient (Wildman–Crippen LogP) is 4.66. The number of fused-ring (bicyclic) bond motifs is 1. The fourth-order valence-electron chi connectivity index (χ4n) is 5.21. The zero-order chi connectivity index (χ0) is 29.3. The van der Waals surface area contributed by atoms with Gasteiger partial charge in [0.05, 0.1) is 30.8 Å². The molecule has 0 spiro atoms. The van der Waals surface area contributed by atoms with Crippen LogP contribution in [0.25, 0.3) is 0 Å².